The minimum Gasteiger partial charge on any atom is -0.463 e. The van der Waals surface area contributed by atoms with Crippen molar-refractivity contribution in [2.45, 2.75) is 38.5 Å². The van der Waals surface area contributed by atoms with E-state index in [-0.39, 0.29) is 37.4 Å². The molecule has 52 heavy (non-hydrogen) atoms. The highest BCUT2D eigenvalue weighted by atomic mass is 19.4. The number of pyridine rings is 2. The number of hydrogen-bond acceptors (Lipinski definition) is 10. The number of carbonyl (C=O) groups is 2. The standard InChI is InChI=1S/C34H36F5N7O6/c1-4-44(5-2)10-13-52-32(49)25(14-20-6-7-28(41-17-20)46-31(48)22-8-9-40-18-26(22)43(3)33(46)50)42-30(47)29-23(35)15-21(16-24(29)36)45-11-12-51-19-27(45)34(37,38)39/h6-9,15-18,25,27H,4-5,10-14,19H2,1-3H3,(H,42,47)/t25?,27-/m1/s1. The molecule has 0 aliphatic carbocycles. The number of anilines is 1. The molecule has 1 aliphatic heterocycles. The van der Waals surface area contributed by atoms with E-state index in [1.54, 1.807) is 0 Å². The molecular weight excluding hydrogens is 697 g/mol. The maximum atomic E-state index is 15.4. The van der Waals surface area contributed by atoms with Crippen molar-refractivity contribution < 1.29 is 41.0 Å². The van der Waals surface area contributed by atoms with Gasteiger partial charge in [-0.2, -0.15) is 13.2 Å². The molecule has 278 valence electrons. The Hall–Kier alpha value is -5.23. The first-order valence-corrected chi connectivity index (χ1v) is 16.4. The molecular formula is C34H36F5N7O6. The average molecular weight is 734 g/mol. The molecule has 0 radical (unpaired) electrons. The first-order chi connectivity index (χ1) is 24.7. The molecule has 1 saturated heterocycles. The summed E-state index contributed by atoms with van der Waals surface area (Å²) < 4.78 is 84.0. The highest BCUT2D eigenvalue weighted by molar-refractivity contribution is 5.97. The van der Waals surface area contributed by atoms with Gasteiger partial charge < -0.3 is 24.6 Å². The van der Waals surface area contributed by atoms with Crippen LogP contribution in [0.3, 0.4) is 0 Å². The normalized spacial score (nSPS) is 15.6. The third-order valence-electron chi connectivity index (χ3n) is 8.78. The van der Waals surface area contributed by atoms with Crippen molar-refractivity contribution in [3.8, 4) is 5.82 Å². The number of benzene rings is 1. The van der Waals surface area contributed by atoms with Crippen LogP contribution >= 0.6 is 0 Å². The highest BCUT2D eigenvalue weighted by Crippen LogP contribution is 2.32. The monoisotopic (exact) mass is 733 g/mol. The number of nitrogens with zero attached hydrogens (tertiary/aromatic N) is 6. The first kappa shape index (κ1) is 38.0. The molecule has 18 heteroatoms. The number of rotatable bonds is 12. The Balaban J connectivity index is 1.41. The molecule has 0 saturated carbocycles. The molecule has 1 aliphatic rings. The zero-order valence-corrected chi connectivity index (χ0v) is 28.5. The van der Waals surface area contributed by atoms with Crippen molar-refractivity contribution in [3.63, 3.8) is 0 Å². The number of esters is 1. The van der Waals surface area contributed by atoms with Crippen LogP contribution in [-0.4, -0.2) is 100 Å². The number of nitrogens with one attached hydrogen (secondary N) is 1. The Kier molecular flexibility index (Phi) is 11.7. The maximum Gasteiger partial charge on any atom is 0.411 e. The summed E-state index contributed by atoms with van der Waals surface area (Å²) in [4.78, 5) is 63.7. The summed E-state index contributed by atoms with van der Waals surface area (Å²) in [6.45, 7) is 4.34. The van der Waals surface area contributed by atoms with Crippen molar-refractivity contribution in [2.75, 3.05) is 50.9 Å². The zero-order valence-electron chi connectivity index (χ0n) is 28.5. The van der Waals surface area contributed by atoms with E-state index in [1.807, 2.05) is 18.7 Å². The Morgan fingerprint density at radius 2 is 1.81 bits per heavy atom. The van der Waals surface area contributed by atoms with Crippen LogP contribution < -0.4 is 21.5 Å². The van der Waals surface area contributed by atoms with E-state index in [9.17, 15) is 32.3 Å². The van der Waals surface area contributed by atoms with Crippen molar-refractivity contribution in [1.82, 2.24) is 29.3 Å². The van der Waals surface area contributed by atoms with Gasteiger partial charge in [-0.15, -0.1) is 0 Å². The van der Waals surface area contributed by atoms with Gasteiger partial charge in [0.15, 0.2) is 0 Å². The Bertz CT molecular complexity index is 2030. The quantitative estimate of drug-likeness (QED) is 0.171. The van der Waals surface area contributed by atoms with E-state index in [0.717, 1.165) is 9.47 Å². The van der Waals surface area contributed by atoms with Crippen LogP contribution in [0.2, 0.25) is 0 Å². The van der Waals surface area contributed by atoms with Crippen LogP contribution in [0.1, 0.15) is 29.8 Å². The molecule has 1 unspecified atom stereocenters. The number of alkyl halides is 3. The molecule has 1 N–H and O–H groups in total. The van der Waals surface area contributed by atoms with Crippen molar-refractivity contribution in [1.29, 1.82) is 0 Å². The van der Waals surface area contributed by atoms with Gasteiger partial charge in [-0.1, -0.05) is 19.9 Å². The number of fused-ring (bicyclic) bond motifs is 1. The average Bonchev–Trinajstić information content (AvgIpc) is 3.12. The van der Waals surface area contributed by atoms with Gasteiger partial charge in [0.2, 0.25) is 0 Å². The van der Waals surface area contributed by atoms with Gasteiger partial charge in [0.05, 0.1) is 30.3 Å². The minimum absolute atomic E-state index is 0.0345. The predicted molar refractivity (Wildman–Crippen MR) is 178 cm³/mol. The predicted octanol–water partition coefficient (Wildman–Crippen LogP) is 2.75. The highest BCUT2D eigenvalue weighted by Gasteiger charge is 2.46. The Morgan fingerprint density at radius 3 is 2.44 bits per heavy atom. The van der Waals surface area contributed by atoms with Gasteiger partial charge >= 0.3 is 17.8 Å². The third-order valence-corrected chi connectivity index (χ3v) is 8.78. The van der Waals surface area contributed by atoms with Crippen LogP contribution in [-0.2, 0) is 27.7 Å². The van der Waals surface area contributed by atoms with Gasteiger partial charge in [-0.25, -0.2) is 27.9 Å². The summed E-state index contributed by atoms with van der Waals surface area (Å²) in [7, 11) is 1.47. The first-order valence-electron chi connectivity index (χ1n) is 16.4. The number of likely N-dealkylation sites (N-methyl/N-ethyl adjacent to an activating group) is 1. The number of halogens is 5. The fraction of sp³-hybridized carbons (Fsp3) is 0.412. The molecule has 2 atom stereocenters. The topological polar surface area (TPSA) is 141 Å². The number of morpholine rings is 1. The number of aryl methyl sites for hydroxylation is 1. The smallest absolute Gasteiger partial charge is 0.411 e. The minimum atomic E-state index is -4.76. The lowest BCUT2D eigenvalue weighted by atomic mass is 10.1. The fourth-order valence-electron chi connectivity index (χ4n) is 5.87. The lowest BCUT2D eigenvalue weighted by Crippen LogP contribution is -2.53. The molecule has 0 spiro atoms. The van der Waals surface area contributed by atoms with Gasteiger partial charge in [0, 0.05) is 44.6 Å². The SMILES string of the molecule is CCN(CC)CCOC(=O)C(Cc1ccc(-n2c(=O)c3ccncc3n(C)c2=O)nc1)NC(=O)c1c(F)cc(N2CCOC[C@@H]2C(F)(F)F)cc1F. The van der Waals surface area contributed by atoms with Crippen molar-refractivity contribution >= 4 is 28.5 Å². The second-order valence-corrected chi connectivity index (χ2v) is 11.9. The van der Waals surface area contributed by atoms with Crippen LogP contribution in [0.5, 0.6) is 0 Å². The summed E-state index contributed by atoms with van der Waals surface area (Å²) in [5.41, 5.74) is -2.25. The Morgan fingerprint density at radius 1 is 1.10 bits per heavy atom. The summed E-state index contributed by atoms with van der Waals surface area (Å²) in [6, 6.07) is 1.84. The molecule has 1 amide bonds. The lowest BCUT2D eigenvalue weighted by Gasteiger charge is -2.38. The largest absolute Gasteiger partial charge is 0.463 e. The number of carbonyl (C=O) groups excluding carboxylic acids is 2. The van der Waals surface area contributed by atoms with Crippen molar-refractivity contribution in [2.24, 2.45) is 7.05 Å². The van der Waals surface area contributed by atoms with E-state index < -0.39 is 70.9 Å². The number of aromatic nitrogens is 4. The number of hydrogen-bond donors (Lipinski definition) is 1. The van der Waals surface area contributed by atoms with Crippen LogP contribution in [0, 0.1) is 11.6 Å². The van der Waals surface area contributed by atoms with Crippen LogP contribution in [0.4, 0.5) is 27.6 Å². The van der Waals surface area contributed by atoms with Crippen LogP contribution in [0.15, 0.2) is 58.5 Å². The number of ether oxygens (including phenoxy) is 2. The maximum absolute atomic E-state index is 15.4. The third kappa shape index (κ3) is 8.12. The van der Waals surface area contributed by atoms with Gasteiger partial charge in [0.25, 0.3) is 11.5 Å². The molecule has 1 aromatic carbocycles. The summed E-state index contributed by atoms with van der Waals surface area (Å²) in [6.07, 6.45) is -0.997. The molecule has 0 bridgehead atoms. The van der Waals surface area contributed by atoms with Crippen LogP contribution in [0.25, 0.3) is 16.7 Å². The second kappa shape index (κ2) is 16.0. The van der Waals surface area contributed by atoms with E-state index in [2.05, 4.69) is 15.3 Å². The molecule has 13 nitrogen and oxygen atoms in total. The molecule has 5 rings (SSSR count). The summed E-state index contributed by atoms with van der Waals surface area (Å²) in [5.74, 6) is -5.22. The van der Waals surface area contributed by atoms with Gasteiger partial charge in [-0.05, 0) is 42.9 Å². The van der Waals surface area contributed by atoms with E-state index in [0.29, 0.717) is 42.8 Å². The fourth-order valence-corrected chi connectivity index (χ4v) is 5.87. The Labute approximate surface area is 293 Å². The summed E-state index contributed by atoms with van der Waals surface area (Å²) in [5, 5.41) is 2.51. The van der Waals surface area contributed by atoms with Crippen molar-refractivity contribution in [3.05, 3.63) is 92.5 Å². The molecule has 4 aromatic rings. The second-order valence-electron chi connectivity index (χ2n) is 11.9. The van der Waals surface area contributed by atoms with E-state index in [4.69, 9.17) is 9.47 Å². The number of amides is 1. The summed E-state index contributed by atoms with van der Waals surface area (Å²) >= 11 is 0. The van der Waals surface area contributed by atoms with E-state index in [1.165, 1.54) is 48.4 Å². The molecule has 4 heterocycles. The molecule has 1 fully saturated rings. The van der Waals surface area contributed by atoms with E-state index >= 15 is 8.78 Å². The van der Waals surface area contributed by atoms with Gasteiger partial charge in [-0.3, -0.25) is 19.1 Å². The molecule has 3 aromatic heterocycles. The lowest BCUT2D eigenvalue weighted by molar-refractivity contribution is -0.167. The van der Waals surface area contributed by atoms with Gasteiger partial charge in [0.1, 0.15) is 41.7 Å². The zero-order chi connectivity index (χ0) is 37.7.